The first-order chi connectivity index (χ1) is 5.95. The zero-order valence-electron chi connectivity index (χ0n) is 8.33. The SMILES string of the molecule is Cc1cc(=O)n(N(C)C)c(O)c1C. The van der Waals surface area contributed by atoms with Gasteiger partial charge in [-0.3, -0.25) is 4.79 Å². The van der Waals surface area contributed by atoms with Gasteiger partial charge in [0.1, 0.15) is 0 Å². The molecule has 0 aliphatic heterocycles. The van der Waals surface area contributed by atoms with E-state index in [9.17, 15) is 9.90 Å². The van der Waals surface area contributed by atoms with Crippen molar-refractivity contribution >= 4 is 0 Å². The van der Waals surface area contributed by atoms with Crippen molar-refractivity contribution in [2.24, 2.45) is 0 Å². The van der Waals surface area contributed by atoms with Crippen molar-refractivity contribution in [3.05, 3.63) is 27.5 Å². The molecule has 0 radical (unpaired) electrons. The normalized spacial score (nSPS) is 10.2. The molecule has 0 fully saturated rings. The van der Waals surface area contributed by atoms with Gasteiger partial charge in [-0.15, -0.1) is 0 Å². The fraction of sp³-hybridized carbons (Fsp3) is 0.444. The Morgan fingerprint density at radius 1 is 1.38 bits per heavy atom. The molecule has 0 bridgehead atoms. The van der Waals surface area contributed by atoms with E-state index < -0.39 is 0 Å². The van der Waals surface area contributed by atoms with Crippen LogP contribution in [0.25, 0.3) is 0 Å². The number of hydrogen-bond donors (Lipinski definition) is 1. The number of aromatic nitrogens is 1. The Morgan fingerprint density at radius 3 is 2.38 bits per heavy atom. The summed E-state index contributed by atoms with van der Waals surface area (Å²) >= 11 is 0. The standard InChI is InChI=1S/C9H14N2O2/c1-6-5-8(12)11(10(3)4)9(13)7(6)2/h5,13H,1-4H3. The van der Waals surface area contributed by atoms with Gasteiger partial charge in [0, 0.05) is 25.7 Å². The highest BCUT2D eigenvalue weighted by molar-refractivity contribution is 5.32. The van der Waals surface area contributed by atoms with Crippen LogP contribution in [0.5, 0.6) is 5.88 Å². The molecule has 0 saturated carbocycles. The Kier molecular flexibility index (Phi) is 2.32. The van der Waals surface area contributed by atoms with E-state index in [1.54, 1.807) is 33.0 Å². The maximum absolute atomic E-state index is 11.4. The summed E-state index contributed by atoms with van der Waals surface area (Å²) in [5.41, 5.74) is 1.32. The molecule has 0 amide bonds. The Bertz CT molecular complexity index is 380. The molecule has 1 rings (SSSR count). The van der Waals surface area contributed by atoms with Gasteiger partial charge in [0.05, 0.1) is 0 Å². The molecule has 13 heavy (non-hydrogen) atoms. The van der Waals surface area contributed by atoms with Gasteiger partial charge in [0.25, 0.3) is 5.56 Å². The number of hydrogen-bond acceptors (Lipinski definition) is 3. The quantitative estimate of drug-likeness (QED) is 0.682. The highest BCUT2D eigenvalue weighted by Gasteiger charge is 2.09. The van der Waals surface area contributed by atoms with Gasteiger partial charge >= 0.3 is 0 Å². The number of aryl methyl sites for hydroxylation is 1. The Hall–Kier alpha value is -1.45. The maximum atomic E-state index is 11.4. The number of nitrogens with zero attached hydrogens (tertiary/aromatic N) is 2. The molecule has 4 nitrogen and oxygen atoms in total. The van der Waals surface area contributed by atoms with Crippen LogP contribution in [0.2, 0.25) is 0 Å². The van der Waals surface area contributed by atoms with E-state index in [4.69, 9.17) is 0 Å². The van der Waals surface area contributed by atoms with Gasteiger partial charge in [-0.2, -0.15) is 4.68 Å². The fourth-order valence-corrected chi connectivity index (χ4v) is 1.18. The summed E-state index contributed by atoms with van der Waals surface area (Å²) in [6.07, 6.45) is 0. The van der Waals surface area contributed by atoms with Crippen LogP contribution >= 0.6 is 0 Å². The van der Waals surface area contributed by atoms with E-state index in [1.165, 1.54) is 10.7 Å². The van der Waals surface area contributed by atoms with Crippen molar-refractivity contribution in [3.63, 3.8) is 0 Å². The molecule has 0 unspecified atom stereocenters. The van der Waals surface area contributed by atoms with Crippen LogP contribution in [-0.4, -0.2) is 23.9 Å². The molecule has 4 heteroatoms. The Labute approximate surface area is 77.0 Å². The predicted molar refractivity (Wildman–Crippen MR) is 51.9 cm³/mol. The first-order valence-electron chi connectivity index (χ1n) is 4.05. The van der Waals surface area contributed by atoms with Crippen LogP contribution in [-0.2, 0) is 0 Å². The smallest absolute Gasteiger partial charge is 0.272 e. The fourth-order valence-electron chi connectivity index (χ4n) is 1.18. The van der Waals surface area contributed by atoms with E-state index in [-0.39, 0.29) is 11.4 Å². The average molecular weight is 182 g/mol. The first-order valence-corrected chi connectivity index (χ1v) is 4.05. The molecule has 0 aliphatic carbocycles. The van der Waals surface area contributed by atoms with Gasteiger partial charge in [-0.25, -0.2) is 0 Å². The van der Waals surface area contributed by atoms with E-state index in [2.05, 4.69) is 0 Å². The molecule has 0 aliphatic rings. The lowest BCUT2D eigenvalue weighted by atomic mass is 10.2. The predicted octanol–water partition coefficient (Wildman–Crippen LogP) is 0.368. The van der Waals surface area contributed by atoms with E-state index in [0.717, 1.165) is 11.1 Å². The van der Waals surface area contributed by atoms with Crippen LogP contribution in [0, 0.1) is 13.8 Å². The summed E-state index contributed by atoms with van der Waals surface area (Å²) in [4.78, 5) is 11.4. The van der Waals surface area contributed by atoms with Crippen LogP contribution in [0.1, 0.15) is 11.1 Å². The summed E-state index contributed by atoms with van der Waals surface area (Å²) in [6, 6.07) is 1.51. The third-order valence-electron chi connectivity index (χ3n) is 2.08. The summed E-state index contributed by atoms with van der Waals surface area (Å²) in [5.74, 6) is 0.00926. The van der Waals surface area contributed by atoms with E-state index >= 15 is 0 Å². The minimum Gasteiger partial charge on any atom is -0.493 e. The van der Waals surface area contributed by atoms with Gasteiger partial charge in [0.2, 0.25) is 5.88 Å². The minimum absolute atomic E-state index is 0.00926. The van der Waals surface area contributed by atoms with Crippen LogP contribution in [0.4, 0.5) is 0 Å². The summed E-state index contributed by atoms with van der Waals surface area (Å²) in [7, 11) is 3.41. The number of aromatic hydroxyl groups is 1. The molecule has 0 saturated heterocycles. The maximum Gasteiger partial charge on any atom is 0.272 e. The second-order valence-corrected chi connectivity index (χ2v) is 3.27. The lowest BCUT2D eigenvalue weighted by Crippen LogP contribution is -2.36. The molecule has 0 atom stereocenters. The molecule has 1 aromatic rings. The van der Waals surface area contributed by atoms with Crippen molar-refractivity contribution in [3.8, 4) is 5.88 Å². The highest BCUT2D eigenvalue weighted by Crippen LogP contribution is 2.16. The van der Waals surface area contributed by atoms with Crippen LogP contribution < -0.4 is 10.6 Å². The van der Waals surface area contributed by atoms with Gasteiger partial charge in [0.15, 0.2) is 0 Å². The van der Waals surface area contributed by atoms with Crippen molar-refractivity contribution < 1.29 is 5.11 Å². The number of rotatable bonds is 1. The summed E-state index contributed by atoms with van der Waals surface area (Å²) in [5, 5.41) is 11.2. The van der Waals surface area contributed by atoms with Crippen molar-refractivity contribution in [2.75, 3.05) is 19.1 Å². The summed E-state index contributed by atoms with van der Waals surface area (Å²) in [6.45, 7) is 3.58. The molecule has 72 valence electrons. The molecule has 1 N–H and O–H groups in total. The second kappa shape index (κ2) is 3.12. The van der Waals surface area contributed by atoms with Crippen molar-refractivity contribution in [1.29, 1.82) is 0 Å². The van der Waals surface area contributed by atoms with Crippen molar-refractivity contribution in [1.82, 2.24) is 4.68 Å². The van der Waals surface area contributed by atoms with Gasteiger partial charge in [-0.05, 0) is 19.4 Å². The largest absolute Gasteiger partial charge is 0.493 e. The zero-order valence-corrected chi connectivity index (χ0v) is 8.33. The topological polar surface area (TPSA) is 45.5 Å². The highest BCUT2D eigenvalue weighted by atomic mass is 16.3. The zero-order chi connectivity index (χ0) is 10.2. The molecule has 0 aromatic carbocycles. The lowest BCUT2D eigenvalue weighted by molar-refractivity contribution is 0.404. The number of pyridine rings is 1. The minimum atomic E-state index is -0.217. The van der Waals surface area contributed by atoms with E-state index in [1.807, 2.05) is 0 Å². The van der Waals surface area contributed by atoms with Crippen molar-refractivity contribution in [2.45, 2.75) is 13.8 Å². The molecular formula is C9H14N2O2. The molecule has 0 spiro atoms. The summed E-state index contributed by atoms with van der Waals surface area (Å²) < 4.78 is 1.22. The monoisotopic (exact) mass is 182 g/mol. The Morgan fingerprint density at radius 2 is 1.92 bits per heavy atom. The van der Waals surface area contributed by atoms with Gasteiger partial charge in [-0.1, -0.05) is 0 Å². The van der Waals surface area contributed by atoms with Gasteiger partial charge < -0.3 is 10.1 Å². The van der Waals surface area contributed by atoms with Crippen LogP contribution in [0.3, 0.4) is 0 Å². The first kappa shape index (κ1) is 9.64. The van der Waals surface area contributed by atoms with Crippen LogP contribution in [0.15, 0.2) is 10.9 Å². The molecule has 1 aromatic heterocycles. The Balaban J connectivity index is 3.54. The average Bonchev–Trinajstić information content (AvgIpc) is 1.99. The molecule has 1 heterocycles. The third kappa shape index (κ3) is 1.52. The van der Waals surface area contributed by atoms with E-state index in [0.29, 0.717) is 0 Å². The third-order valence-corrected chi connectivity index (χ3v) is 2.08. The second-order valence-electron chi connectivity index (χ2n) is 3.27. The molecular weight excluding hydrogens is 168 g/mol. The lowest BCUT2D eigenvalue weighted by Gasteiger charge is -2.18.